The monoisotopic (exact) mass is 257 g/mol. The number of rotatable bonds is 6. The predicted molar refractivity (Wildman–Crippen MR) is 65.3 cm³/mol. The van der Waals surface area contributed by atoms with Crippen LogP contribution in [0.4, 0.5) is 5.13 Å². The summed E-state index contributed by atoms with van der Waals surface area (Å²) in [5.74, 6) is -1.05. The van der Waals surface area contributed by atoms with Gasteiger partial charge in [0.05, 0.1) is 12.1 Å². The lowest BCUT2D eigenvalue weighted by Gasteiger charge is -2.07. The molecule has 7 heteroatoms. The number of hydrogen-bond acceptors (Lipinski definition) is 5. The molecule has 0 radical (unpaired) electrons. The zero-order valence-corrected chi connectivity index (χ0v) is 10.6. The van der Waals surface area contributed by atoms with Crippen LogP contribution in [0.25, 0.3) is 0 Å². The molecule has 0 fully saturated rings. The second-order valence-electron chi connectivity index (χ2n) is 3.82. The first-order valence-corrected chi connectivity index (χ1v) is 5.96. The molecule has 1 amide bonds. The van der Waals surface area contributed by atoms with Gasteiger partial charge in [0.25, 0.3) is 0 Å². The van der Waals surface area contributed by atoms with Crippen LogP contribution in [0.2, 0.25) is 0 Å². The minimum absolute atomic E-state index is 0.116. The molecule has 2 N–H and O–H groups in total. The van der Waals surface area contributed by atoms with E-state index in [1.807, 2.05) is 19.0 Å². The lowest BCUT2D eigenvalue weighted by molar-refractivity contribution is -0.136. The molecule has 0 bridgehead atoms. The maximum atomic E-state index is 11.5. The number of aliphatic carboxylic acids is 1. The summed E-state index contributed by atoms with van der Waals surface area (Å²) in [5.41, 5.74) is 0.463. The molecule has 0 saturated heterocycles. The van der Waals surface area contributed by atoms with Gasteiger partial charge in [0, 0.05) is 18.3 Å². The van der Waals surface area contributed by atoms with E-state index in [0.717, 1.165) is 0 Å². The number of carbonyl (C=O) groups is 2. The van der Waals surface area contributed by atoms with Gasteiger partial charge in [0.2, 0.25) is 5.91 Å². The molecule has 17 heavy (non-hydrogen) atoms. The number of thiazole rings is 1. The van der Waals surface area contributed by atoms with Gasteiger partial charge < -0.3 is 15.3 Å². The Morgan fingerprint density at radius 2 is 2.24 bits per heavy atom. The molecule has 0 aliphatic rings. The Morgan fingerprint density at radius 1 is 1.53 bits per heavy atom. The van der Waals surface area contributed by atoms with Crippen LogP contribution in [0.1, 0.15) is 12.1 Å². The van der Waals surface area contributed by atoms with Crippen LogP contribution in [0, 0.1) is 0 Å². The highest BCUT2D eigenvalue weighted by atomic mass is 32.1. The third-order valence-electron chi connectivity index (χ3n) is 1.92. The Kier molecular flexibility index (Phi) is 5.05. The second-order valence-corrected chi connectivity index (χ2v) is 4.67. The van der Waals surface area contributed by atoms with E-state index < -0.39 is 5.97 Å². The summed E-state index contributed by atoms with van der Waals surface area (Å²) in [6.45, 7) is 0.666. The van der Waals surface area contributed by atoms with Gasteiger partial charge in [-0.05, 0) is 14.1 Å². The summed E-state index contributed by atoms with van der Waals surface area (Å²) in [5, 5.41) is 13.3. The number of hydrogen-bond donors (Lipinski definition) is 2. The smallest absolute Gasteiger partial charge is 0.309 e. The Labute approximate surface area is 103 Å². The normalized spacial score (nSPS) is 10.5. The molecule has 6 nitrogen and oxygen atoms in total. The van der Waals surface area contributed by atoms with Gasteiger partial charge in [-0.1, -0.05) is 0 Å². The van der Waals surface area contributed by atoms with Crippen molar-refractivity contribution in [3.8, 4) is 0 Å². The average molecular weight is 257 g/mol. The molecule has 1 heterocycles. The van der Waals surface area contributed by atoms with Crippen molar-refractivity contribution in [3.63, 3.8) is 0 Å². The van der Waals surface area contributed by atoms with Gasteiger partial charge in [-0.3, -0.25) is 9.59 Å². The zero-order chi connectivity index (χ0) is 12.8. The Morgan fingerprint density at radius 3 is 2.82 bits per heavy atom. The van der Waals surface area contributed by atoms with Crippen molar-refractivity contribution >= 4 is 28.3 Å². The van der Waals surface area contributed by atoms with Crippen LogP contribution in [0.5, 0.6) is 0 Å². The van der Waals surface area contributed by atoms with E-state index >= 15 is 0 Å². The summed E-state index contributed by atoms with van der Waals surface area (Å²) in [7, 11) is 3.78. The first-order chi connectivity index (χ1) is 7.97. The number of carbonyl (C=O) groups excluding carboxylic acids is 1. The van der Waals surface area contributed by atoms with E-state index in [1.54, 1.807) is 5.38 Å². The fraction of sp³-hybridized carbons (Fsp3) is 0.500. The summed E-state index contributed by atoms with van der Waals surface area (Å²) < 4.78 is 0. The van der Waals surface area contributed by atoms with Gasteiger partial charge in [-0.2, -0.15) is 0 Å². The molecule has 0 aliphatic carbocycles. The van der Waals surface area contributed by atoms with Crippen LogP contribution >= 0.6 is 11.3 Å². The SMILES string of the molecule is CN(C)CCC(=O)Nc1nc(CC(=O)O)cs1. The van der Waals surface area contributed by atoms with Crippen LogP contribution in [-0.2, 0) is 16.0 Å². The van der Waals surface area contributed by atoms with E-state index in [1.165, 1.54) is 11.3 Å². The van der Waals surface area contributed by atoms with Crippen molar-refractivity contribution in [3.05, 3.63) is 11.1 Å². The van der Waals surface area contributed by atoms with Gasteiger partial charge in [-0.25, -0.2) is 4.98 Å². The zero-order valence-electron chi connectivity index (χ0n) is 9.77. The lowest BCUT2D eigenvalue weighted by Crippen LogP contribution is -2.20. The van der Waals surface area contributed by atoms with Gasteiger partial charge in [0.15, 0.2) is 5.13 Å². The highest BCUT2D eigenvalue weighted by Crippen LogP contribution is 2.15. The summed E-state index contributed by atoms with van der Waals surface area (Å²) in [6, 6.07) is 0. The maximum absolute atomic E-state index is 11.5. The van der Waals surface area contributed by atoms with Gasteiger partial charge in [0.1, 0.15) is 0 Å². The predicted octanol–water partition coefficient (Wildman–Crippen LogP) is 0.660. The standard InChI is InChI=1S/C10H15N3O3S/c1-13(2)4-3-8(14)12-10-11-7(6-17-10)5-9(15)16/h6H,3-5H2,1-2H3,(H,15,16)(H,11,12,14). The highest BCUT2D eigenvalue weighted by molar-refractivity contribution is 7.13. The minimum atomic E-state index is -0.930. The van der Waals surface area contributed by atoms with Gasteiger partial charge in [-0.15, -0.1) is 11.3 Å². The number of amides is 1. The molecule has 0 unspecified atom stereocenters. The van der Waals surface area contributed by atoms with Crippen molar-refractivity contribution < 1.29 is 14.7 Å². The Balaban J connectivity index is 2.43. The average Bonchev–Trinajstić information content (AvgIpc) is 2.61. The van der Waals surface area contributed by atoms with Crippen molar-refractivity contribution in [1.29, 1.82) is 0 Å². The first-order valence-electron chi connectivity index (χ1n) is 5.08. The molecule has 0 aliphatic heterocycles. The molecule has 1 rings (SSSR count). The quantitative estimate of drug-likeness (QED) is 0.782. The number of aromatic nitrogens is 1. The molecular weight excluding hydrogens is 242 g/mol. The van der Waals surface area contributed by atoms with Crippen molar-refractivity contribution in [2.75, 3.05) is 26.0 Å². The first kappa shape index (κ1) is 13.6. The Hall–Kier alpha value is -1.47. The molecule has 0 saturated carbocycles. The Bertz CT molecular complexity index is 403. The number of carboxylic acid groups (broad SMARTS) is 1. The molecule has 0 atom stereocenters. The van der Waals surface area contributed by atoms with E-state index in [0.29, 0.717) is 23.8 Å². The second kappa shape index (κ2) is 6.31. The molecule has 1 aromatic heterocycles. The largest absolute Gasteiger partial charge is 0.481 e. The van der Waals surface area contributed by atoms with E-state index in [4.69, 9.17) is 5.11 Å². The number of nitrogens with one attached hydrogen (secondary N) is 1. The maximum Gasteiger partial charge on any atom is 0.309 e. The number of anilines is 1. The third-order valence-corrected chi connectivity index (χ3v) is 2.72. The molecule has 0 spiro atoms. The van der Waals surface area contributed by atoms with Crippen LogP contribution in [-0.4, -0.2) is 47.5 Å². The molecular formula is C10H15N3O3S. The fourth-order valence-electron chi connectivity index (χ4n) is 1.11. The summed E-state index contributed by atoms with van der Waals surface area (Å²) in [6.07, 6.45) is 0.269. The van der Waals surface area contributed by atoms with E-state index in [2.05, 4.69) is 10.3 Å². The highest BCUT2D eigenvalue weighted by Gasteiger charge is 2.08. The topological polar surface area (TPSA) is 82.5 Å². The summed E-state index contributed by atoms with van der Waals surface area (Å²) >= 11 is 1.23. The molecule has 1 aromatic rings. The summed E-state index contributed by atoms with van der Waals surface area (Å²) in [4.78, 5) is 27.8. The minimum Gasteiger partial charge on any atom is -0.481 e. The van der Waals surface area contributed by atoms with E-state index in [9.17, 15) is 9.59 Å². The number of carboxylic acids is 1. The number of nitrogens with zero attached hydrogens (tertiary/aromatic N) is 2. The van der Waals surface area contributed by atoms with Gasteiger partial charge >= 0.3 is 5.97 Å². The van der Waals surface area contributed by atoms with Crippen LogP contribution < -0.4 is 5.32 Å². The molecule has 0 aromatic carbocycles. The van der Waals surface area contributed by atoms with E-state index in [-0.39, 0.29) is 12.3 Å². The van der Waals surface area contributed by atoms with Crippen molar-refractivity contribution in [1.82, 2.24) is 9.88 Å². The fourth-order valence-corrected chi connectivity index (χ4v) is 1.83. The molecule has 94 valence electrons. The van der Waals surface area contributed by atoms with Crippen molar-refractivity contribution in [2.45, 2.75) is 12.8 Å². The lowest BCUT2D eigenvalue weighted by atomic mass is 10.3. The van der Waals surface area contributed by atoms with Crippen molar-refractivity contribution in [2.24, 2.45) is 0 Å². The van der Waals surface area contributed by atoms with Crippen LogP contribution in [0.3, 0.4) is 0 Å². The third kappa shape index (κ3) is 5.41. The van der Waals surface area contributed by atoms with Crippen LogP contribution in [0.15, 0.2) is 5.38 Å².